The average molecular weight is 367 g/mol. The number of nitrogens with zero attached hydrogens (tertiary/aromatic N) is 2. The molecule has 0 aromatic carbocycles. The predicted molar refractivity (Wildman–Crippen MR) is 111 cm³/mol. The van der Waals surface area contributed by atoms with Crippen LogP contribution >= 0.6 is 0 Å². The summed E-state index contributed by atoms with van der Waals surface area (Å²) in [6.45, 7) is 15.7. The zero-order valence-corrected chi connectivity index (χ0v) is 17.8. The summed E-state index contributed by atoms with van der Waals surface area (Å²) in [4.78, 5) is 6.97. The largest absolute Gasteiger partial charge is 0.377 e. The highest BCUT2D eigenvalue weighted by Gasteiger charge is 2.35. The van der Waals surface area contributed by atoms with Crippen LogP contribution in [0, 0.1) is 17.3 Å². The molecule has 2 aliphatic rings. The van der Waals surface area contributed by atoms with Crippen molar-refractivity contribution in [3.63, 3.8) is 0 Å². The number of rotatable bonds is 6. The van der Waals surface area contributed by atoms with E-state index in [2.05, 4.69) is 48.2 Å². The molecule has 2 fully saturated rings. The molecule has 0 bridgehead atoms. The second-order valence-electron chi connectivity index (χ2n) is 9.11. The first-order valence-corrected chi connectivity index (χ1v) is 10.7. The van der Waals surface area contributed by atoms with E-state index >= 15 is 0 Å². The van der Waals surface area contributed by atoms with Crippen LogP contribution in [0.3, 0.4) is 0 Å². The molecule has 152 valence electrons. The van der Waals surface area contributed by atoms with E-state index in [1.165, 1.54) is 51.7 Å². The number of hydrogen-bond donors (Lipinski definition) is 2. The Labute approximate surface area is 161 Å². The maximum atomic E-state index is 6.10. The minimum atomic E-state index is 0.192. The Kier molecular flexibility index (Phi) is 8.68. The highest BCUT2D eigenvalue weighted by Crippen LogP contribution is 2.33. The maximum absolute atomic E-state index is 6.10. The quantitative estimate of drug-likeness (QED) is 0.560. The first-order chi connectivity index (χ1) is 12.4. The van der Waals surface area contributed by atoms with Crippen LogP contribution in [-0.2, 0) is 4.74 Å². The van der Waals surface area contributed by atoms with Gasteiger partial charge >= 0.3 is 0 Å². The molecular weight excluding hydrogens is 324 g/mol. The number of aliphatic imine (C=N–C) groups is 1. The van der Waals surface area contributed by atoms with Gasteiger partial charge in [-0.2, -0.15) is 0 Å². The van der Waals surface area contributed by atoms with Crippen LogP contribution in [0.25, 0.3) is 0 Å². The molecule has 2 rings (SSSR count). The van der Waals surface area contributed by atoms with E-state index in [0.717, 1.165) is 31.6 Å². The van der Waals surface area contributed by atoms with Crippen LogP contribution in [0.15, 0.2) is 4.99 Å². The normalized spacial score (nSPS) is 26.7. The molecular formula is C21H42N4O. The van der Waals surface area contributed by atoms with Crippen LogP contribution in [0.5, 0.6) is 0 Å². The highest BCUT2D eigenvalue weighted by molar-refractivity contribution is 5.79. The van der Waals surface area contributed by atoms with Gasteiger partial charge in [-0.1, -0.05) is 27.7 Å². The van der Waals surface area contributed by atoms with Crippen molar-refractivity contribution in [1.82, 2.24) is 15.5 Å². The van der Waals surface area contributed by atoms with Crippen LogP contribution in [0.4, 0.5) is 0 Å². The van der Waals surface area contributed by atoms with Crippen molar-refractivity contribution in [3.8, 4) is 0 Å². The highest BCUT2D eigenvalue weighted by atomic mass is 16.5. The van der Waals surface area contributed by atoms with Crippen molar-refractivity contribution in [3.05, 3.63) is 0 Å². The molecule has 2 heterocycles. The third-order valence-corrected chi connectivity index (χ3v) is 6.05. The second-order valence-corrected chi connectivity index (χ2v) is 9.11. The monoisotopic (exact) mass is 366 g/mol. The third kappa shape index (κ3) is 6.73. The standard InChI is InChI=1S/C21H42N4O/c1-6-25-13-10-17(11-14-25)9-12-23-20(22-5)24-16-18-8-7-15-26-19(18)21(2,3)4/h17-19H,6-16H2,1-5H3,(H2,22,23,24). The van der Waals surface area contributed by atoms with Crippen molar-refractivity contribution in [2.45, 2.75) is 65.9 Å². The summed E-state index contributed by atoms with van der Waals surface area (Å²) < 4.78 is 6.10. The van der Waals surface area contributed by atoms with E-state index in [-0.39, 0.29) is 5.41 Å². The fourth-order valence-electron chi connectivity index (χ4n) is 4.44. The average Bonchev–Trinajstić information content (AvgIpc) is 2.64. The summed E-state index contributed by atoms with van der Waals surface area (Å²) in [6, 6.07) is 0. The van der Waals surface area contributed by atoms with Gasteiger partial charge in [0.25, 0.3) is 0 Å². The van der Waals surface area contributed by atoms with Crippen molar-refractivity contribution in [2.24, 2.45) is 22.2 Å². The fourth-order valence-corrected chi connectivity index (χ4v) is 4.44. The Morgan fingerprint density at radius 3 is 2.50 bits per heavy atom. The Morgan fingerprint density at radius 1 is 1.15 bits per heavy atom. The van der Waals surface area contributed by atoms with Crippen LogP contribution in [-0.4, -0.2) is 63.3 Å². The molecule has 0 spiro atoms. The molecule has 26 heavy (non-hydrogen) atoms. The number of nitrogens with one attached hydrogen (secondary N) is 2. The number of likely N-dealkylation sites (tertiary alicyclic amines) is 1. The summed E-state index contributed by atoms with van der Waals surface area (Å²) >= 11 is 0. The minimum absolute atomic E-state index is 0.192. The Bertz CT molecular complexity index is 424. The predicted octanol–water partition coefficient (Wildman–Crippen LogP) is 3.11. The zero-order chi connectivity index (χ0) is 19.0. The van der Waals surface area contributed by atoms with E-state index in [1.54, 1.807) is 0 Å². The Balaban J connectivity index is 1.69. The van der Waals surface area contributed by atoms with Crippen molar-refractivity contribution in [2.75, 3.05) is 46.4 Å². The summed E-state index contributed by atoms with van der Waals surface area (Å²) in [7, 11) is 1.87. The van der Waals surface area contributed by atoms with Gasteiger partial charge < -0.3 is 20.3 Å². The van der Waals surface area contributed by atoms with E-state index in [0.29, 0.717) is 12.0 Å². The molecule has 0 saturated carbocycles. The van der Waals surface area contributed by atoms with E-state index in [4.69, 9.17) is 4.74 Å². The molecule has 2 saturated heterocycles. The molecule has 2 atom stereocenters. The molecule has 2 aliphatic heterocycles. The van der Waals surface area contributed by atoms with E-state index in [1.807, 2.05) is 7.05 Å². The number of guanidine groups is 1. The molecule has 0 aliphatic carbocycles. The lowest BCUT2D eigenvalue weighted by Crippen LogP contribution is -2.47. The summed E-state index contributed by atoms with van der Waals surface area (Å²) in [5.74, 6) is 2.36. The molecule has 2 N–H and O–H groups in total. The van der Waals surface area contributed by atoms with Gasteiger partial charge in [0, 0.05) is 32.7 Å². The van der Waals surface area contributed by atoms with Gasteiger partial charge in [-0.25, -0.2) is 0 Å². The first-order valence-electron chi connectivity index (χ1n) is 10.7. The van der Waals surface area contributed by atoms with Crippen molar-refractivity contribution < 1.29 is 4.74 Å². The summed E-state index contributed by atoms with van der Waals surface area (Å²) in [5.41, 5.74) is 0.192. The molecule has 0 radical (unpaired) electrons. The minimum Gasteiger partial charge on any atom is -0.377 e. The van der Waals surface area contributed by atoms with Gasteiger partial charge in [0.15, 0.2) is 5.96 Å². The van der Waals surface area contributed by atoms with Gasteiger partial charge in [-0.15, -0.1) is 0 Å². The van der Waals surface area contributed by atoms with Gasteiger partial charge in [-0.05, 0) is 63.1 Å². The summed E-state index contributed by atoms with van der Waals surface area (Å²) in [5, 5.41) is 7.07. The third-order valence-electron chi connectivity index (χ3n) is 6.05. The number of piperidine rings is 1. The van der Waals surface area contributed by atoms with Gasteiger partial charge in [0.2, 0.25) is 0 Å². The molecule has 0 aromatic heterocycles. The molecule has 0 amide bonds. The summed E-state index contributed by atoms with van der Waals surface area (Å²) in [6.07, 6.45) is 6.66. The Morgan fingerprint density at radius 2 is 1.88 bits per heavy atom. The topological polar surface area (TPSA) is 48.9 Å². The molecule has 2 unspecified atom stereocenters. The lowest BCUT2D eigenvalue weighted by Gasteiger charge is -2.40. The lowest BCUT2D eigenvalue weighted by molar-refractivity contribution is -0.0835. The lowest BCUT2D eigenvalue weighted by atomic mass is 9.78. The van der Waals surface area contributed by atoms with Gasteiger partial charge in [-0.3, -0.25) is 4.99 Å². The van der Waals surface area contributed by atoms with Crippen molar-refractivity contribution in [1.29, 1.82) is 0 Å². The number of hydrogen-bond acceptors (Lipinski definition) is 3. The molecule has 0 aromatic rings. The smallest absolute Gasteiger partial charge is 0.190 e. The van der Waals surface area contributed by atoms with E-state index in [9.17, 15) is 0 Å². The molecule has 5 nitrogen and oxygen atoms in total. The fraction of sp³-hybridized carbons (Fsp3) is 0.952. The maximum Gasteiger partial charge on any atom is 0.190 e. The first kappa shape index (κ1) is 21.5. The van der Waals surface area contributed by atoms with Gasteiger partial charge in [0.1, 0.15) is 0 Å². The van der Waals surface area contributed by atoms with Crippen molar-refractivity contribution >= 4 is 5.96 Å². The van der Waals surface area contributed by atoms with E-state index < -0.39 is 0 Å². The second kappa shape index (κ2) is 10.5. The van der Waals surface area contributed by atoms with Crippen LogP contribution < -0.4 is 10.6 Å². The Hall–Kier alpha value is -0.810. The SMILES string of the molecule is CCN1CCC(CCNC(=NC)NCC2CCCOC2C(C)(C)C)CC1. The van der Waals surface area contributed by atoms with Crippen LogP contribution in [0.2, 0.25) is 0 Å². The van der Waals surface area contributed by atoms with Gasteiger partial charge in [0.05, 0.1) is 6.10 Å². The molecule has 5 heteroatoms. The van der Waals surface area contributed by atoms with Crippen LogP contribution in [0.1, 0.15) is 59.8 Å². The zero-order valence-electron chi connectivity index (χ0n) is 17.8. The number of ether oxygens (including phenoxy) is 1.